The van der Waals surface area contributed by atoms with Gasteiger partial charge in [0.15, 0.2) is 4.90 Å². The molecule has 1 atom stereocenters. The van der Waals surface area contributed by atoms with Gasteiger partial charge in [-0.1, -0.05) is 19.1 Å². The molecule has 9 heteroatoms. The maximum Gasteiger partial charge on any atom is 0.321 e. The van der Waals surface area contributed by atoms with Crippen LogP contribution in [0.3, 0.4) is 0 Å². The molecule has 0 aliphatic heterocycles. The summed E-state index contributed by atoms with van der Waals surface area (Å²) < 4.78 is 26.3. The number of benzene rings is 1. The molecule has 0 spiro atoms. The highest BCUT2D eigenvalue weighted by atomic mass is 32.2. The molecule has 0 aliphatic carbocycles. The zero-order valence-electron chi connectivity index (χ0n) is 10.9. The standard InChI is InChI=1S/C11H14N2O6S/c1-3-8(11(14)15)12-20(18,19)10-7(2)5-4-6-9(10)13(16)17/h4-6,8,12H,3H2,1-2H3,(H,14,15). The summed E-state index contributed by atoms with van der Waals surface area (Å²) in [5.41, 5.74) is -0.412. The molecule has 20 heavy (non-hydrogen) atoms. The van der Waals surface area contributed by atoms with Crippen molar-refractivity contribution in [3.63, 3.8) is 0 Å². The number of aliphatic carboxylic acids is 1. The van der Waals surface area contributed by atoms with Crippen LogP contribution < -0.4 is 4.72 Å². The van der Waals surface area contributed by atoms with Crippen LogP contribution in [0.4, 0.5) is 5.69 Å². The van der Waals surface area contributed by atoms with E-state index in [0.717, 1.165) is 6.07 Å². The normalized spacial score (nSPS) is 12.9. The largest absolute Gasteiger partial charge is 0.480 e. The van der Waals surface area contributed by atoms with Crippen molar-refractivity contribution in [2.24, 2.45) is 0 Å². The number of rotatable bonds is 6. The lowest BCUT2D eigenvalue weighted by Crippen LogP contribution is -2.40. The van der Waals surface area contributed by atoms with Crippen LogP contribution in [0.5, 0.6) is 0 Å². The fourth-order valence-corrected chi connectivity index (χ4v) is 3.35. The average molecular weight is 302 g/mol. The molecule has 1 aromatic rings. The number of sulfonamides is 1. The maximum absolute atomic E-state index is 12.2. The van der Waals surface area contributed by atoms with Crippen LogP contribution in [0, 0.1) is 17.0 Å². The lowest BCUT2D eigenvalue weighted by atomic mass is 10.2. The van der Waals surface area contributed by atoms with Gasteiger partial charge >= 0.3 is 5.97 Å². The van der Waals surface area contributed by atoms with Crippen LogP contribution in [-0.2, 0) is 14.8 Å². The topological polar surface area (TPSA) is 127 Å². The number of hydrogen-bond acceptors (Lipinski definition) is 5. The van der Waals surface area contributed by atoms with E-state index in [9.17, 15) is 23.3 Å². The number of aryl methyl sites for hydroxylation is 1. The summed E-state index contributed by atoms with van der Waals surface area (Å²) in [5.74, 6) is -1.34. The van der Waals surface area contributed by atoms with E-state index in [1.807, 2.05) is 4.72 Å². The molecule has 0 bridgehead atoms. The van der Waals surface area contributed by atoms with E-state index in [1.54, 1.807) is 0 Å². The minimum atomic E-state index is -4.30. The van der Waals surface area contributed by atoms with E-state index < -0.39 is 37.5 Å². The third kappa shape index (κ3) is 3.31. The van der Waals surface area contributed by atoms with E-state index in [4.69, 9.17) is 5.11 Å². The molecule has 1 unspecified atom stereocenters. The Bertz CT molecular complexity index is 640. The number of carboxylic acids is 1. The molecule has 0 aromatic heterocycles. The van der Waals surface area contributed by atoms with Gasteiger partial charge in [0.2, 0.25) is 10.0 Å². The van der Waals surface area contributed by atoms with E-state index in [1.165, 1.54) is 26.0 Å². The first-order valence-corrected chi connectivity index (χ1v) is 7.18. The molecule has 0 saturated carbocycles. The third-order valence-corrected chi connectivity index (χ3v) is 4.32. The summed E-state index contributed by atoms with van der Waals surface area (Å²) in [6.07, 6.45) is 0.0221. The number of nitro groups is 1. The number of hydrogen-bond donors (Lipinski definition) is 2. The summed E-state index contributed by atoms with van der Waals surface area (Å²) in [6, 6.07) is 2.49. The van der Waals surface area contributed by atoms with Crippen molar-refractivity contribution in [3.8, 4) is 0 Å². The van der Waals surface area contributed by atoms with Crippen LogP contribution in [0.2, 0.25) is 0 Å². The Balaban J connectivity index is 3.36. The second kappa shape index (κ2) is 5.97. The van der Waals surface area contributed by atoms with Gasteiger partial charge in [-0.15, -0.1) is 0 Å². The summed E-state index contributed by atoms with van der Waals surface area (Å²) >= 11 is 0. The second-order valence-electron chi connectivity index (χ2n) is 4.10. The molecular weight excluding hydrogens is 288 g/mol. The fraction of sp³-hybridized carbons (Fsp3) is 0.364. The van der Waals surface area contributed by atoms with Crippen LogP contribution >= 0.6 is 0 Å². The molecule has 110 valence electrons. The van der Waals surface area contributed by atoms with Crippen LogP contribution in [0.15, 0.2) is 23.1 Å². The Morgan fingerprint density at radius 1 is 1.50 bits per heavy atom. The van der Waals surface area contributed by atoms with Crippen molar-refractivity contribution in [3.05, 3.63) is 33.9 Å². The number of nitrogens with zero attached hydrogens (tertiary/aromatic N) is 1. The second-order valence-corrected chi connectivity index (χ2v) is 5.75. The summed E-state index contributed by atoms with van der Waals surface area (Å²) in [4.78, 5) is 20.5. The van der Waals surface area contributed by atoms with E-state index in [0.29, 0.717) is 0 Å². The van der Waals surface area contributed by atoms with Gasteiger partial charge in [-0.2, -0.15) is 4.72 Å². The van der Waals surface area contributed by atoms with E-state index >= 15 is 0 Å². The summed E-state index contributed by atoms with van der Waals surface area (Å²) in [5, 5.41) is 19.8. The molecular formula is C11H14N2O6S. The average Bonchev–Trinajstić information content (AvgIpc) is 2.34. The zero-order chi connectivity index (χ0) is 15.5. The number of carbonyl (C=O) groups is 1. The van der Waals surface area contributed by atoms with Crippen LogP contribution in [0.25, 0.3) is 0 Å². The van der Waals surface area contributed by atoms with Gasteiger partial charge in [0.05, 0.1) is 4.92 Å². The van der Waals surface area contributed by atoms with Crippen LogP contribution in [-0.4, -0.2) is 30.5 Å². The minimum absolute atomic E-state index is 0.0221. The Morgan fingerprint density at radius 3 is 2.55 bits per heavy atom. The number of carboxylic acid groups (broad SMARTS) is 1. The number of nitro benzene ring substituents is 1. The van der Waals surface area contributed by atoms with Crippen molar-refractivity contribution in [1.82, 2.24) is 4.72 Å². The van der Waals surface area contributed by atoms with Gasteiger partial charge in [-0.05, 0) is 18.9 Å². The Morgan fingerprint density at radius 2 is 2.10 bits per heavy atom. The van der Waals surface area contributed by atoms with Gasteiger partial charge in [0.25, 0.3) is 5.69 Å². The molecule has 0 fully saturated rings. The van der Waals surface area contributed by atoms with Gasteiger partial charge < -0.3 is 5.11 Å². The minimum Gasteiger partial charge on any atom is -0.480 e. The predicted molar refractivity (Wildman–Crippen MR) is 69.9 cm³/mol. The molecule has 0 heterocycles. The lowest BCUT2D eigenvalue weighted by Gasteiger charge is -2.14. The Labute approximate surface area is 115 Å². The third-order valence-electron chi connectivity index (χ3n) is 2.66. The molecule has 0 saturated heterocycles. The van der Waals surface area contributed by atoms with Crippen molar-refractivity contribution >= 4 is 21.7 Å². The monoisotopic (exact) mass is 302 g/mol. The molecule has 0 amide bonds. The lowest BCUT2D eigenvalue weighted by molar-refractivity contribution is -0.387. The van der Waals surface area contributed by atoms with Crippen molar-refractivity contribution in [1.29, 1.82) is 0 Å². The van der Waals surface area contributed by atoms with E-state index in [2.05, 4.69) is 0 Å². The molecule has 0 radical (unpaired) electrons. The molecule has 8 nitrogen and oxygen atoms in total. The SMILES string of the molecule is CCC(NS(=O)(=O)c1c(C)cccc1[N+](=O)[O-])C(=O)O. The molecule has 0 aliphatic rings. The van der Waals surface area contributed by atoms with Gasteiger partial charge in [-0.25, -0.2) is 8.42 Å². The summed E-state index contributed by atoms with van der Waals surface area (Å²) in [7, 11) is -4.30. The van der Waals surface area contributed by atoms with Gasteiger partial charge in [0.1, 0.15) is 6.04 Å². The molecule has 2 N–H and O–H groups in total. The van der Waals surface area contributed by atoms with E-state index in [-0.39, 0.29) is 12.0 Å². The van der Waals surface area contributed by atoms with Crippen LogP contribution in [0.1, 0.15) is 18.9 Å². The zero-order valence-corrected chi connectivity index (χ0v) is 11.7. The number of nitrogens with one attached hydrogen (secondary N) is 1. The first-order chi connectivity index (χ1) is 9.20. The quantitative estimate of drug-likeness (QED) is 0.597. The molecule has 1 rings (SSSR count). The maximum atomic E-state index is 12.2. The fourth-order valence-electron chi connectivity index (χ4n) is 1.68. The Kier molecular flexibility index (Phi) is 4.79. The molecule has 1 aromatic carbocycles. The van der Waals surface area contributed by atoms with Gasteiger partial charge in [-0.3, -0.25) is 14.9 Å². The first-order valence-electron chi connectivity index (χ1n) is 5.69. The highest BCUT2D eigenvalue weighted by molar-refractivity contribution is 7.89. The predicted octanol–water partition coefficient (Wildman–Crippen LogP) is 1.04. The van der Waals surface area contributed by atoms with Gasteiger partial charge in [0, 0.05) is 6.07 Å². The Hall–Kier alpha value is -2.00. The summed E-state index contributed by atoms with van der Waals surface area (Å²) in [6.45, 7) is 2.90. The highest BCUT2D eigenvalue weighted by Gasteiger charge is 2.31. The van der Waals surface area contributed by atoms with Crippen molar-refractivity contribution in [2.75, 3.05) is 0 Å². The smallest absolute Gasteiger partial charge is 0.321 e. The first kappa shape index (κ1) is 16.1. The van der Waals surface area contributed by atoms with Crippen molar-refractivity contribution < 1.29 is 23.2 Å². The highest BCUT2D eigenvalue weighted by Crippen LogP contribution is 2.27. The van der Waals surface area contributed by atoms with Crippen molar-refractivity contribution in [2.45, 2.75) is 31.2 Å².